The summed E-state index contributed by atoms with van der Waals surface area (Å²) in [4.78, 5) is 20.6. The van der Waals surface area contributed by atoms with Crippen LogP contribution in [0, 0.1) is 5.92 Å². The number of rotatable bonds is 6. The maximum Gasteiger partial charge on any atom is 0.225 e. The van der Waals surface area contributed by atoms with Crippen LogP contribution < -0.4 is 15.1 Å². The molecule has 0 unspecified atom stereocenters. The lowest BCUT2D eigenvalue weighted by Gasteiger charge is -2.49. The van der Waals surface area contributed by atoms with E-state index >= 15 is 0 Å². The van der Waals surface area contributed by atoms with Crippen molar-refractivity contribution in [2.75, 3.05) is 68.8 Å². The zero-order valence-corrected chi connectivity index (χ0v) is 19.8. The van der Waals surface area contributed by atoms with Crippen LogP contribution >= 0.6 is 11.6 Å². The quantitative estimate of drug-likeness (QED) is 0.660. The summed E-state index contributed by atoms with van der Waals surface area (Å²) in [5.41, 5.74) is 3.61. The molecule has 3 heterocycles. The van der Waals surface area contributed by atoms with E-state index < -0.39 is 0 Å². The first-order chi connectivity index (χ1) is 16.2. The summed E-state index contributed by atoms with van der Waals surface area (Å²) in [5, 5.41) is 4.02. The highest BCUT2D eigenvalue weighted by Gasteiger charge is 2.41. The first-order valence-corrected chi connectivity index (χ1v) is 12.5. The lowest BCUT2D eigenvalue weighted by molar-refractivity contribution is -0.125. The highest BCUT2D eigenvalue weighted by Crippen LogP contribution is 2.38. The Morgan fingerprint density at radius 2 is 1.76 bits per heavy atom. The molecule has 0 aromatic heterocycles. The monoisotopic (exact) mass is 468 g/mol. The number of carbonyl (C=O) groups excluding carboxylic acids is 1. The van der Waals surface area contributed by atoms with E-state index in [2.05, 4.69) is 50.3 Å². The predicted octanol–water partition coefficient (Wildman–Crippen LogP) is 3.05. The van der Waals surface area contributed by atoms with E-state index in [0.29, 0.717) is 0 Å². The number of hydrogen-bond acceptors (Lipinski definition) is 5. The molecule has 33 heavy (non-hydrogen) atoms. The number of morpholine rings is 1. The molecule has 2 atom stereocenters. The van der Waals surface area contributed by atoms with Gasteiger partial charge in [0.2, 0.25) is 5.91 Å². The number of para-hydroxylation sites is 2. The fourth-order valence-corrected chi connectivity index (χ4v) is 5.71. The molecule has 5 rings (SSSR count). The topological polar surface area (TPSA) is 48.1 Å². The van der Waals surface area contributed by atoms with Gasteiger partial charge in [0, 0.05) is 45.0 Å². The van der Waals surface area contributed by atoms with E-state index in [1.165, 1.54) is 11.3 Å². The van der Waals surface area contributed by atoms with E-state index in [9.17, 15) is 4.79 Å². The Bertz CT molecular complexity index is 965. The largest absolute Gasteiger partial charge is 0.379 e. The number of halogens is 1. The Kier molecular flexibility index (Phi) is 7.04. The number of ether oxygens (including phenoxy) is 1. The first kappa shape index (κ1) is 22.5. The van der Waals surface area contributed by atoms with Crippen molar-refractivity contribution in [1.82, 2.24) is 10.2 Å². The van der Waals surface area contributed by atoms with Gasteiger partial charge in [-0.25, -0.2) is 0 Å². The lowest BCUT2D eigenvalue weighted by atomic mass is 9.83. The molecule has 0 spiro atoms. The van der Waals surface area contributed by atoms with E-state index in [-0.39, 0.29) is 17.9 Å². The Hall–Kier alpha value is -2.28. The maximum atomic E-state index is 13.4. The van der Waals surface area contributed by atoms with Gasteiger partial charge in [0.05, 0.1) is 35.9 Å². The maximum absolute atomic E-state index is 13.4. The number of anilines is 2. The van der Waals surface area contributed by atoms with Crippen LogP contribution in [0.1, 0.15) is 12.0 Å². The molecule has 2 saturated heterocycles. The summed E-state index contributed by atoms with van der Waals surface area (Å²) in [6.07, 6.45) is 1.75. The summed E-state index contributed by atoms with van der Waals surface area (Å²) in [6.45, 7) is 7.90. The van der Waals surface area contributed by atoms with Crippen molar-refractivity contribution in [3.8, 4) is 0 Å². The molecule has 7 heteroatoms. The second-order valence-electron chi connectivity index (χ2n) is 9.20. The number of fused-ring (bicyclic) bond motifs is 3. The summed E-state index contributed by atoms with van der Waals surface area (Å²) in [5.74, 6) is 0.0936. The zero-order valence-electron chi connectivity index (χ0n) is 19.1. The van der Waals surface area contributed by atoms with E-state index in [0.717, 1.165) is 82.6 Å². The molecule has 3 aliphatic rings. The van der Waals surface area contributed by atoms with Crippen LogP contribution in [0.4, 0.5) is 11.4 Å². The van der Waals surface area contributed by atoms with Gasteiger partial charge in [0.15, 0.2) is 0 Å². The molecule has 2 fully saturated rings. The summed E-state index contributed by atoms with van der Waals surface area (Å²) < 4.78 is 5.42. The smallest absolute Gasteiger partial charge is 0.225 e. The number of nitrogens with one attached hydrogen (secondary N) is 1. The van der Waals surface area contributed by atoms with E-state index in [1.54, 1.807) is 0 Å². The number of benzene rings is 2. The second kappa shape index (κ2) is 10.3. The first-order valence-electron chi connectivity index (χ1n) is 12.1. The predicted molar refractivity (Wildman–Crippen MR) is 133 cm³/mol. The minimum absolute atomic E-state index is 0.0754. The molecule has 3 aliphatic heterocycles. The Labute approximate surface area is 201 Å². The van der Waals surface area contributed by atoms with Crippen LogP contribution in [0.15, 0.2) is 48.5 Å². The summed E-state index contributed by atoms with van der Waals surface area (Å²) in [6, 6.07) is 16.7. The van der Waals surface area contributed by atoms with Gasteiger partial charge < -0.3 is 19.9 Å². The molecule has 0 aliphatic carbocycles. The van der Waals surface area contributed by atoms with Crippen LogP contribution in [0.3, 0.4) is 0 Å². The second-order valence-corrected chi connectivity index (χ2v) is 9.60. The molecule has 1 N–H and O–H groups in total. The van der Waals surface area contributed by atoms with Crippen molar-refractivity contribution in [3.63, 3.8) is 0 Å². The average Bonchev–Trinajstić information content (AvgIpc) is 2.86. The third kappa shape index (κ3) is 4.98. The fraction of sp³-hybridized carbons (Fsp3) is 0.500. The Balaban J connectivity index is 1.28. The van der Waals surface area contributed by atoms with Gasteiger partial charge in [0.25, 0.3) is 0 Å². The van der Waals surface area contributed by atoms with Crippen molar-refractivity contribution in [1.29, 1.82) is 0 Å². The molecular weight excluding hydrogens is 436 g/mol. The number of amides is 1. The number of hydrogen-bond donors (Lipinski definition) is 1. The molecule has 176 valence electrons. The minimum Gasteiger partial charge on any atom is -0.379 e. The zero-order chi connectivity index (χ0) is 22.6. The average molecular weight is 469 g/mol. The van der Waals surface area contributed by atoms with Crippen molar-refractivity contribution in [3.05, 3.63) is 59.1 Å². The van der Waals surface area contributed by atoms with Crippen LogP contribution in [0.2, 0.25) is 5.02 Å². The summed E-state index contributed by atoms with van der Waals surface area (Å²) >= 11 is 6.51. The van der Waals surface area contributed by atoms with Crippen LogP contribution in [0.25, 0.3) is 0 Å². The van der Waals surface area contributed by atoms with Gasteiger partial charge in [-0.05, 0) is 43.1 Å². The standard InChI is InChI=1S/C26H33ClN4O2/c27-22-7-2-4-9-24(22)30-12-13-31-23-8-3-1-6-20(23)18-21(25(31)19-30)26(32)28-10-5-11-29-14-16-33-17-15-29/h1-4,6-9,21,25H,5,10-19H2,(H,28,32)/t21-,25+/m1/s1. The van der Waals surface area contributed by atoms with Crippen molar-refractivity contribution < 1.29 is 9.53 Å². The van der Waals surface area contributed by atoms with Crippen LogP contribution in [-0.4, -0.2) is 75.9 Å². The number of nitrogens with zero attached hydrogens (tertiary/aromatic N) is 3. The normalized spacial score (nSPS) is 23.1. The molecule has 0 radical (unpaired) electrons. The van der Waals surface area contributed by atoms with Gasteiger partial charge in [-0.2, -0.15) is 0 Å². The van der Waals surface area contributed by atoms with Crippen molar-refractivity contribution >= 4 is 28.9 Å². The molecule has 2 aromatic carbocycles. The van der Waals surface area contributed by atoms with Gasteiger partial charge in [-0.1, -0.05) is 41.9 Å². The van der Waals surface area contributed by atoms with Gasteiger partial charge >= 0.3 is 0 Å². The Morgan fingerprint density at radius 3 is 2.58 bits per heavy atom. The van der Waals surface area contributed by atoms with Crippen molar-refractivity contribution in [2.24, 2.45) is 5.92 Å². The van der Waals surface area contributed by atoms with Gasteiger partial charge in [-0.15, -0.1) is 0 Å². The highest BCUT2D eigenvalue weighted by molar-refractivity contribution is 6.33. The minimum atomic E-state index is -0.0754. The van der Waals surface area contributed by atoms with Crippen molar-refractivity contribution in [2.45, 2.75) is 18.9 Å². The fourth-order valence-electron chi connectivity index (χ4n) is 5.45. The third-order valence-corrected chi connectivity index (χ3v) is 7.53. The van der Waals surface area contributed by atoms with Crippen LogP contribution in [-0.2, 0) is 16.0 Å². The van der Waals surface area contributed by atoms with Gasteiger partial charge in [0.1, 0.15) is 0 Å². The van der Waals surface area contributed by atoms with Gasteiger partial charge in [-0.3, -0.25) is 9.69 Å². The Morgan fingerprint density at radius 1 is 1.00 bits per heavy atom. The number of piperazine rings is 1. The lowest BCUT2D eigenvalue weighted by Crippen LogP contribution is -2.61. The third-order valence-electron chi connectivity index (χ3n) is 7.21. The van der Waals surface area contributed by atoms with E-state index in [1.807, 2.05) is 18.2 Å². The molecular formula is C26H33ClN4O2. The molecule has 6 nitrogen and oxygen atoms in total. The summed E-state index contributed by atoms with van der Waals surface area (Å²) in [7, 11) is 0. The molecule has 0 bridgehead atoms. The molecule has 0 saturated carbocycles. The molecule has 1 amide bonds. The number of carbonyl (C=O) groups is 1. The van der Waals surface area contributed by atoms with E-state index in [4.69, 9.17) is 16.3 Å². The SMILES string of the molecule is O=C(NCCCN1CCOCC1)[C@@H]1Cc2ccccc2N2CCN(c3ccccc3Cl)C[C@@H]12. The highest BCUT2D eigenvalue weighted by atomic mass is 35.5. The molecule has 2 aromatic rings. The van der Waals surface area contributed by atoms with Crippen LogP contribution in [0.5, 0.6) is 0 Å².